The van der Waals surface area contributed by atoms with Crippen LogP contribution in [0.4, 0.5) is 17.6 Å². The molecule has 2 heterocycles. The summed E-state index contributed by atoms with van der Waals surface area (Å²) in [7, 11) is 1.55. The molecule has 1 aliphatic heterocycles. The highest BCUT2D eigenvalue weighted by atomic mass is 79.9. The van der Waals surface area contributed by atoms with E-state index in [-0.39, 0.29) is 0 Å². The normalized spacial score (nSPS) is 16.7. The molecule has 0 amide bonds. The van der Waals surface area contributed by atoms with Gasteiger partial charge in [-0.05, 0) is 40.2 Å². The number of rotatable bonds is 5. The number of hydrazone groups is 1. The number of halogens is 5. The number of aromatic nitrogens is 1. The van der Waals surface area contributed by atoms with Crippen molar-refractivity contribution in [2.24, 2.45) is 5.10 Å². The number of hydrogen-bond donors (Lipinski definition) is 2. The lowest BCUT2D eigenvalue weighted by Gasteiger charge is -2.38. The minimum atomic E-state index is -4.04. The van der Waals surface area contributed by atoms with Crippen LogP contribution in [0, 0.1) is 11.6 Å². The van der Waals surface area contributed by atoms with Gasteiger partial charge in [-0.25, -0.2) is 13.9 Å². The van der Waals surface area contributed by atoms with Crippen LogP contribution in [0.5, 0.6) is 0 Å². The third-order valence-corrected chi connectivity index (χ3v) is 4.43. The topological polar surface area (TPSA) is 64.0 Å². The van der Waals surface area contributed by atoms with Gasteiger partial charge in [0.2, 0.25) is 0 Å². The highest BCUT2D eigenvalue weighted by Gasteiger charge is 2.58. The number of alkyl halides is 2. The second kappa shape index (κ2) is 7.06. The van der Waals surface area contributed by atoms with Crippen molar-refractivity contribution >= 4 is 22.3 Å². The summed E-state index contributed by atoms with van der Waals surface area (Å²) in [6.07, 6.45) is 2.40. The molecule has 3 rings (SSSR count). The van der Waals surface area contributed by atoms with Gasteiger partial charge >= 0.3 is 5.92 Å². The molecule has 0 radical (unpaired) electrons. The van der Waals surface area contributed by atoms with Gasteiger partial charge in [0.1, 0.15) is 23.7 Å². The lowest BCUT2D eigenvalue weighted by molar-refractivity contribution is -0.212. The molecule has 0 saturated heterocycles. The Morgan fingerprint density at radius 3 is 2.52 bits per heavy atom. The second-order valence-corrected chi connectivity index (χ2v) is 6.84. The molecule has 0 fully saturated rings. The third kappa shape index (κ3) is 3.62. The summed E-state index contributed by atoms with van der Waals surface area (Å²) in [4.78, 5) is 3.64. The molecule has 0 bridgehead atoms. The SMILES string of the molecule is CN1C=NN(CC(O)(c2ccc(F)cc2F)C(F)(F)c2ccc(Br)cn2)N1. The second-order valence-electron chi connectivity index (χ2n) is 5.92. The number of nitrogens with one attached hydrogen (secondary N) is 1. The zero-order valence-corrected chi connectivity index (χ0v) is 15.5. The molecule has 1 unspecified atom stereocenters. The number of aliphatic hydroxyl groups is 1. The minimum Gasteiger partial charge on any atom is -0.377 e. The van der Waals surface area contributed by atoms with Crippen LogP contribution in [0.15, 0.2) is 46.1 Å². The third-order valence-electron chi connectivity index (χ3n) is 3.96. The van der Waals surface area contributed by atoms with Gasteiger partial charge in [-0.15, -0.1) is 10.6 Å². The monoisotopic (exact) mass is 447 g/mol. The zero-order valence-electron chi connectivity index (χ0n) is 13.9. The van der Waals surface area contributed by atoms with Gasteiger partial charge in [0.15, 0.2) is 5.60 Å². The molecule has 2 aromatic rings. The van der Waals surface area contributed by atoms with Crippen LogP contribution in [0.2, 0.25) is 0 Å². The number of pyridine rings is 1. The summed E-state index contributed by atoms with van der Waals surface area (Å²) < 4.78 is 58.8. The van der Waals surface area contributed by atoms with Crippen LogP contribution in [0.25, 0.3) is 0 Å². The Kier molecular flexibility index (Phi) is 5.10. The fourth-order valence-corrected chi connectivity index (χ4v) is 2.85. The summed E-state index contributed by atoms with van der Waals surface area (Å²) in [6.45, 7) is -0.846. The smallest absolute Gasteiger partial charge is 0.323 e. The van der Waals surface area contributed by atoms with Crippen LogP contribution in [-0.4, -0.2) is 40.1 Å². The van der Waals surface area contributed by atoms with E-state index in [1.165, 1.54) is 17.4 Å². The van der Waals surface area contributed by atoms with Crippen LogP contribution < -0.4 is 5.53 Å². The maximum atomic E-state index is 15.3. The molecule has 11 heteroatoms. The molecule has 0 spiro atoms. The summed E-state index contributed by atoms with van der Waals surface area (Å²) in [5, 5.41) is 17.1. The number of nitrogens with zero attached hydrogens (tertiary/aromatic N) is 4. The Morgan fingerprint density at radius 1 is 1.22 bits per heavy atom. The minimum absolute atomic E-state index is 0.429. The fraction of sp³-hybridized carbons (Fsp3) is 0.250. The molecule has 1 aromatic carbocycles. The predicted molar refractivity (Wildman–Crippen MR) is 92.2 cm³/mol. The lowest BCUT2D eigenvalue weighted by atomic mass is 9.84. The standard InChI is InChI=1S/C16H14BrF4N5O/c1-25-9-23-26(24-25)8-15(27,12-4-3-11(18)6-13(12)19)16(20,21)14-5-2-10(17)7-22-14/h2-7,9,24,27H,8H2,1H3. The average molecular weight is 448 g/mol. The highest BCUT2D eigenvalue weighted by Crippen LogP contribution is 2.46. The first-order valence-electron chi connectivity index (χ1n) is 7.62. The van der Waals surface area contributed by atoms with Crippen LogP contribution in [-0.2, 0) is 11.5 Å². The van der Waals surface area contributed by atoms with Crippen molar-refractivity contribution in [3.63, 3.8) is 0 Å². The Labute approximate surface area is 160 Å². The van der Waals surface area contributed by atoms with E-state index in [1.807, 2.05) is 0 Å². The summed E-state index contributed by atoms with van der Waals surface area (Å²) in [5.41, 5.74) is -2.11. The van der Waals surface area contributed by atoms with Crippen molar-refractivity contribution < 1.29 is 22.7 Å². The van der Waals surface area contributed by atoms with E-state index in [4.69, 9.17) is 0 Å². The Balaban J connectivity index is 2.11. The molecule has 0 aliphatic carbocycles. The number of hydrogen-bond acceptors (Lipinski definition) is 6. The average Bonchev–Trinajstić information content (AvgIpc) is 2.99. The van der Waals surface area contributed by atoms with Gasteiger partial charge in [-0.1, -0.05) is 0 Å². The molecule has 6 nitrogen and oxygen atoms in total. The number of benzene rings is 1. The van der Waals surface area contributed by atoms with E-state index >= 15 is 8.78 Å². The van der Waals surface area contributed by atoms with E-state index in [9.17, 15) is 13.9 Å². The molecule has 144 valence electrons. The lowest BCUT2D eigenvalue weighted by Crippen LogP contribution is -2.54. The van der Waals surface area contributed by atoms with E-state index in [1.54, 1.807) is 7.05 Å². The maximum absolute atomic E-state index is 15.3. The van der Waals surface area contributed by atoms with Crippen molar-refractivity contribution in [2.75, 3.05) is 13.6 Å². The van der Waals surface area contributed by atoms with Crippen molar-refractivity contribution in [3.05, 3.63) is 63.9 Å². The van der Waals surface area contributed by atoms with Crippen LogP contribution in [0.1, 0.15) is 11.3 Å². The van der Waals surface area contributed by atoms with Crippen molar-refractivity contribution in [1.82, 2.24) is 20.6 Å². The van der Waals surface area contributed by atoms with Crippen molar-refractivity contribution in [2.45, 2.75) is 11.5 Å². The number of hydrazine groups is 2. The van der Waals surface area contributed by atoms with Gasteiger partial charge < -0.3 is 5.11 Å². The van der Waals surface area contributed by atoms with E-state index in [0.717, 1.165) is 29.5 Å². The summed E-state index contributed by atoms with van der Waals surface area (Å²) in [6, 6.07) is 4.32. The Hall–Kier alpha value is -2.24. The zero-order chi connectivity index (χ0) is 19.8. The molecular weight excluding hydrogens is 434 g/mol. The molecule has 27 heavy (non-hydrogen) atoms. The molecule has 1 aromatic heterocycles. The fourth-order valence-electron chi connectivity index (χ4n) is 2.62. The first kappa shape index (κ1) is 19.5. The van der Waals surface area contributed by atoms with Crippen LogP contribution >= 0.6 is 15.9 Å². The van der Waals surface area contributed by atoms with Gasteiger partial charge in [0.25, 0.3) is 0 Å². The quantitative estimate of drug-likeness (QED) is 0.690. The Morgan fingerprint density at radius 2 is 1.96 bits per heavy atom. The summed E-state index contributed by atoms with van der Waals surface area (Å²) in [5.74, 6) is -6.31. The molecule has 1 aliphatic rings. The largest absolute Gasteiger partial charge is 0.377 e. The van der Waals surface area contributed by atoms with Gasteiger partial charge in [-0.3, -0.25) is 9.99 Å². The van der Waals surface area contributed by atoms with Crippen LogP contribution in [0.3, 0.4) is 0 Å². The molecule has 2 N–H and O–H groups in total. The van der Waals surface area contributed by atoms with Gasteiger partial charge in [0, 0.05) is 29.3 Å². The summed E-state index contributed by atoms with van der Waals surface area (Å²) >= 11 is 3.09. The van der Waals surface area contributed by atoms with E-state index in [0.29, 0.717) is 10.5 Å². The van der Waals surface area contributed by atoms with E-state index < -0.39 is 41.0 Å². The molecule has 1 atom stereocenters. The van der Waals surface area contributed by atoms with Crippen molar-refractivity contribution in [1.29, 1.82) is 0 Å². The van der Waals surface area contributed by atoms with Gasteiger partial charge in [-0.2, -0.15) is 8.78 Å². The van der Waals surface area contributed by atoms with E-state index in [2.05, 4.69) is 31.6 Å². The first-order valence-corrected chi connectivity index (χ1v) is 8.41. The van der Waals surface area contributed by atoms with Crippen molar-refractivity contribution in [3.8, 4) is 0 Å². The number of β-amino-alcohol motifs (C(OH)–C–C–N with tert-alkyl or cyclic N) is 1. The Bertz CT molecular complexity index is 866. The molecular formula is C16H14BrF4N5O. The predicted octanol–water partition coefficient (Wildman–Crippen LogP) is 2.71. The molecule has 0 saturated carbocycles. The van der Waals surface area contributed by atoms with Gasteiger partial charge in [0.05, 0.1) is 6.54 Å². The maximum Gasteiger partial charge on any atom is 0.323 e. The first-order chi connectivity index (χ1) is 12.6. The highest BCUT2D eigenvalue weighted by molar-refractivity contribution is 9.10.